The summed E-state index contributed by atoms with van der Waals surface area (Å²) in [6, 6.07) is 0.697. The van der Waals surface area contributed by atoms with E-state index in [1.165, 1.54) is 4.68 Å². The van der Waals surface area contributed by atoms with Crippen LogP contribution in [0.5, 0.6) is 0 Å². The first-order valence-electron chi connectivity index (χ1n) is 6.83. The fourth-order valence-electron chi connectivity index (χ4n) is 1.93. The van der Waals surface area contributed by atoms with Crippen molar-refractivity contribution in [2.45, 2.75) is 32.5 Å². The Hall–Kier alpha value is -2.89. The lowest BCUT2D eigenvalue weighted by atomic mass is 10.0. The van der Waals surface area contributed by atoms with E-state index in [1.807, 2.05) is 0 Å². The molecular formula is C15H14F3N5O. The third kappa shape index (κ3) is 3.37. The molecule has 1 amide bonds. The fourth-order valence-corrected chi connectivity index (χ4v) is 1.93. The number of hydrogen-bond donors (Lipinski definition) is 1. The molecule has 9 heteroatoms. The number of hydrogen-bond acceptors (Lipinski definition) is 3. The highest BCUT2D eigenvalue weighted by atomic mass is 19.4. The van der Waals surface area contributed by atoms with Crippen LogP contribution in [0.3, 0.4) is 0 Å². The van der Waals surface area contributed by atoms with E-state index in [0.717, 1.165) is 11.8 Å². The second kappa shape index (κ2) is 5.96. The highest BCUT2D eigenvalue weighted by Gasteiger charge is 2.36. The molecule has 0 atom stereocenters. The molecule has 0 aliphatic heterocycles. The van der Waals surface area contributed by atoms with Gasteiger partial charge in [0.15, 0.2) is 0 Å². The van der Waals surface area contributed by atoms with Crippen LogP contribution in [-0.2, 0) is 16.5 Å². The van der Waals surface area contributed by atoms with Crippen molar-refractivity contribution in [1.29, 1.82) is 0 Å². The van der Waals surface area contributed by atoms with Crippen molar-refractivity contribution in [3.63, 3.8) is 0 Å². The van der Waals surface area contributed by atoms with Gasteiger partial charge in [-0.2, -0.15) is 18.3 Å². The molecule has 2 heterocycles. The number of pyridine rings is 1. The summed E-state index contributed by atoms with van der Waals surface area (Å²) < 4.78 is 40.3. The molecule has 0 aromatic carbocycles. The number of alkyl halides is 3. The predicted molar refractivity (Wildman–Crippen MR) is 80.4 cm³/mol. The number of rotatable bonds is 3. The number of amides is 1. The SMILES string of the molecule is [C-]#[N+]c1ncc(NC(=O)C(C)(C)n2cc(C)cn2)cc1C(F)(F)F. The molecule has 0 saturated heterocycles. The summed E-state index contributed by atoms with van der Waals surface area (Å²) in [6.45, 7) is 11.7. The Morgan fingerprint density at radius 2 is 2.00 bits per heavy atom. The van der Waals surface area contributed by atoms with Gasteiger partial charge in [0.1, 0.15) is 11.7 Å². The summed E-state index contributed by atoms with van der Waals surface area (Å²) in [6.07, 6.45) is -0.489. The second-order valence-electron chi connectivity index (χ2n) is 5.68. The second-order valence-corrected chi connectivity index (χ2v) is 5.68. The molecule has 0 unspecified atom stereocenters. The lowest BCUT2D eigenvalue weighted by molar-refractivity contribution is -0.137. The van der Waals surface area contributed by atoms with E-state index in [-0.39, 0.29) is 5.69 Å². The van der Waals surface area contributed by atoms with Gasteiger partial charge < -0.3 is 10.2 Å². The molecule has 0 spiro atoms. The van der Waals surface area contributed by atoms with E-state index < -0.39 is 29.0 Å². The summed E-state index contributed by atoms with van der Waals surface area (Å²) in [7, 11) is 0. The molecule has 0 aliphatic rings. The zero-order valence-electron chi connectivity index (χ0n) is 13.1. The Balaban J connectivity index is 2.31. The normalized spacial score (nSPS) is 11.9. The van der Waals surface area contributed by atoms with E-state index in [1.54, 1.807) is 33.2 Å². The molecule has 0 bridgehead atoms. The number of aryl methyl sites for hydroxylation is 1. The summed E-state index contributed by atoms with van der Waals surface area (Å²) in [5.74, 6) is -1.32. The van der Waals surface area contributed by atoms with E-state index in [4.69, 9.17) is 6.57 Å². The molecule has 24 heavy (non-hydrogen) atoms. The lowest BCUT2D eigenvalue weighted by Gasteiger charge is -2.24. The molecule has 6 nitrogen and oxygen atoms in total. The summed E-state index contributed by atoms with van der Waals surface area (Å²) in [4.78, 5) is 18.6. The van der Waals surface area contributed by atoms with Crippen LogP contribution < -0.4 is 5.32 Å². The van der Waals surface area contributed by atoms with E-state index >= 15 is 0 Å². The largest absolute Gasteiger partial charge is 0.409 e. The van der Waals surface area contributed by atoms with Gasteiger partial charge in [0.2, 0.25) is 0 Å². The van der Waals surface area contributed by atoms with Crippen molar-refractivity contribution in [3.8, 4) is 0 Å². The molecule has 2 aromatic heterocycles. The fraction of sp³-hybridized carbons (Fsp3) is 0.333. The Labute approximate surface area is 136 Å². The van der Waals surface area contributed by atoms with Crippen molar-refractivity contribution in [2.75, 3.05) is 5.32 Å². The highest BCUT2D eigenvalue weighted by Crippen LogP contribution is 2.36. The third-order valence-electron chi connectivity index (χ3n) is 3.38. The van der Waals surface area contributed by atoms with Gasteiger partial charge >= 0.3 is 6.18 Å². The van der Waals surface area contributed by atoms with Crippen LogP contribution in [0.15, 0.2) is 24.7 Å². The standard InChI is InChI=1S/C15H14F3N5O/c1-9-6-21-23(8-9)14(2,3)13(24)22-10-5-11(15(16,17)18)12(19-4)20-7-10/h5-8H,1-3H3,(H,22,24). The van der Waals surface area contributed by atoms with Crippen molar-refractivity contribution in [2.24, 2.45) is 0 Å². The maximum Gasteiger partial charge on any atom is 0.409 e. The molecule has 0 radical (unpaired) electrons. The van der Waals surface area contributed by atoms with E-state index in [0.29, 0.717) is 6.07 Å². The first-order valence-corrected chi connectivity index (χ1v) is 6.83. The van der Waals surface area contributed by atoms with Gasteiger partial charge in [-0.05, 0) is 32.4 Å². The summed E-state index contributed by atoms with van der Waals surface area (Å²) in [5.41, 5.74) is -1.61. The highest BCUT2D eigenvalue weighted by molar-refractivity contribution is 5.96. The van der Waals surface area contributed by atoms with Crippen molar-refractivity contribution in [3.05, 3.63) is 47.2 Å². The number of aromatic nitrogens is 3. The van der Waals surface area contributed by atoms with Crippen molar-refractivity contribution >= 4 is 17.4 Å². The topological polar surface area (TPSA) is 64.2 Å². The monoisotopic (exact) mass is 337 g/mol. The van der Waals surface area contributed by atoms with Crippen LogP contribution in [0.1, 0.15) is 25.0 Å². The number of halogens is 3. The Morgan fingerprint density at radius 1 is 1.33 bits per heavy atom. The summed E-state index contributed by atoms with van der Waals surface area (Å²) >= 11 is 0. The Kier molecular flexibility index (Phi) is 4.34. The molecule has 1 N–H and O–H groups in total. The minimum atomic E-state index is -4.73. The number of carbonyl (C=O) groups is 1. The Morgan fingerprint density at radius 3 is 2.50 bits per heavy atom. The molecular weight excluding hydrogens is 323 g/mol. The third-order valence-corrected chi connectivity index (χ3v) is 3.38. The van der Waals surface area contributed by atoms with Crippen LogP contribution in [0, 0.1) is 13.5 Å². The van der Waals surface area contributed by atoms with Gasteiger partial charge in [0.25, 0.3) is 11.7 Å². The van der Waals surface area contributed by atoms with Gasteiger partial charge in [-0.1, -0.05) is 6.57 Å². The molecule has 0 saturated carbocycles. The van der Waals surface area contributed by atoms with Crippen LogP contribution >= 0.6 is 0 Å². The quantitative estimate of drug-likeness (QED) is 0.872. The molecule has 2 rings (SSSR count). The van der Waals surface area contributed by atoms with Crippen LogP contribution in [0.4, 0.5) is 24.7 Å². The average Bonchev–Trinajstić information content (AvgIpc) is 2.93. The zero-order chi connectivity index (χ0) is 18.1. The van der Waals surface area contributed by atoms with E-state index in [2.05, 4.69) is 20.2 Å². The van der Waals surface area contributed by atoms with Crippen LogP contribution in [-0.4, -0.2) is 20.7 Å². The van der Waals surface area contributed by atoms with Crippen molar-refractivity contribution in [1.82, 2.24) is 14.8 Å². The first-order chi connectivity index (χ1) is 11.1. The molecule has 126 valence electrons. The average molecular weight is 337 g/mol. The van der Waals surface area contributed by atoms with Gasteiger partial charge in [0.05, 0.1) is 17.4 Å². The van der Waals surface area contributed by atoms with Crippen molar-refractivity contribution < 1.29 is 18.0 Å². The Bertz CT molecular complexity index is 817. The van der Waals surface area contributed by atoms with Crippen LogP contribution in [0.2, 0.25) is 0 Å². The zero-order valence-corrected chi connectivity index (χ0v) is 13.1. The minimum Gasteiger partial charge on any atom is -0.360 e. The maximum absolute atomic E-state index is 12.9. The number of anilines is 1. The maximum atomic E-state index is 12.9. The molecule has 0 aliphatic carbocycles. The van der Waals surface area contributed by atoms with Gasteiger partial charge in [-0.15, -0.1) is 4.98 Å². The van der Waals surface area contributed by atoms with Gasteiger partial charge in [0, 0.05) is 6.20 Å². The smallest absolute Gasteiger partial charge is 0.360 e. The predicted octanol–water partition coefficient (Wildman–Crippen LogP) is 3.53. The van der Waals surface area contributed by atoms with E-state index in [9.17, 15) is 18.0 Å². The lowest BCUT2D eigenvalue weighted by Crippen LogP contribution is -2.40. The molecule has 2 aromatic rings. The number of nitrogens with zero attached hydrogens (tertiary/aromatic N) is 4. The number of carbonyl (C=O) groups excluding carboxylic acids is 1. The number of nitrogens with one attached hydrogen (secondary N) is 1. The summed E-state index contributed by atoms with van der Waals surface area (Å²) in [5, 5.41) is 6.44. The minimum absolute atomic E-state index is 0.142. The van der Waals surface area contributed by atoms with Gasteiger partial charge in [-0.25, -0.2) is 0 Å². The van der Waals surface area contributed by atoms with Crippen LogP contribution in [0.25, 0.3) is 4.85 Å². The first kappa shape index (κ1) is 17.5. The molecule has 0 fully saturated rings. The van der Waals surface area contributed by atoms with Gasteiger partial charge in [-0.3, -0.25) is 9.48 Å².